The second-order valence-corrected chi connectivity index (χ2v) is 4.93. The van der Waals surface area contributed by atoms with Gasteiger partial charge in [-0.15, -0.1) is 0 Å². The molecule has 0 spiro atoms. The number of unbranched alkanes of at least 4 members (excludes halogenated alkanes) is 2. The molecule has 1 fully saturated rings. The van der Waals surface area contributed by atoms with Gasteiger partial charge in [0.05, 0.1) is 6.61 Å². The Balaban J connectivity index is 2.17. The maximum absolute atomic E-state index is 9.05. The van der Waals surface area contributed by atoms with Gasteiger partial charge in [0.15, 0.2) is 0 Å². The molecular weight excluding hydrogens is 206 g/mol. The van der Waals surface area contributed by atoms with Crippen molar-refractivity contribution in [2.75, 3.05) is 25.4 Å². The molecule has 1 aliphatic rings. The third-order valence-corrected chi connectivity index (χ3v) is 3.65. The Bertz CT molecular complexity index is 149. The molecule has 0 radical (unpaired) electrons. The van der Waals surface area contributed by atoms with E-state index < -0.39 is 0 Å². The second kappa shape index (κ2) is 8.43. The molecule has 0 aromatic heterocycles. The van der Waals surface area contributed by atoms with E-state index in [1.54, 1.807) is 0 Å². The Morgan fingerprint density at radius 1 is 1.07 bits per heavy atom. The van der Waals surface area contributed by atoms with Crippen LogP contribution in [0.2, 0.25) is 0 Å². The summed E-state index contributed by atoms with van der Waals surface area (Å²) in [5.41, 5.74) is 0. The summed E-state index contributed by atoms with van der Waals surface area (Å²) in [6.45, 7) is 2.34. The summed E-state index contributed by atoms with van der Waals surface area (Å²) in [5, 5.41) is 9.05. The van der Waals surface area contributed by atoms with E-state index >= 15 is 0 Å². The molecule has 0 aromatic rings. The molecule has 0 aromatic carbocycles. The van der Waals surface area contributed by atoms with E-state index in [1.807, 2.05) is 0 Å². The van der Waals surface area contributed by atoms with Gasteiger partial charge in [-0.3, -0.25) is 4.90 Å². The lowest BCUT2D eigenvalue weighted by Gasteiger charge is -2.27. The fourth-order valence-corrected chi connectivity index (χ4v) is 2.70. The SMILES string of the molecule is OCCN(CCCCCS)C1CCCC1. The highest BCUT2D eigenvalue weighted by Crippen LogP contribution is 2.23. The van der Waals surface area contributed by atoms with Crippen LogP contribution in [0.15, 0.2) is 0 Å². The van der Waals surface area contributed by atoms with Crippen LogP contribution in [0, 0.1) is 0 Å². The molecule has 1 rings (SSSR count). The first-order valence-electron chi connectivity index (χ1n) is 6.34. The summed E-state index contributed by atoms with van der Waals surface area (Å²) >= 11 is 4.22. The zero-order valence-electron chi connectivity index (χ0n) is 9.70. The van der Waals surface area contributed by atoms with Crippen molar-refractivity contribution < 1.29 is 5.11 Å². The number of thiol groups is 1. The van der Waals surface area contributed by atoms with E-state index in [2.05, 4.69) is 17.5 Å². The van der Waals surface area contributed by atoms with Crippen molar-refractivity contribution in [2.24, 2.45) is 0 Å². The Labute approximate surface area is 99.5 Å². The van der Waals surface area contributed by atoms with E-state index in [9.17, 15) is 0 Å². The number of rotatable bonds is 8. The molecule has 1 aliphatic carbocycles. The molecule has 0 amide bonds. The summed E-state index contributed by atoms with van der Waals surface area (Å²) < 4.78 is 0. The second-order valence-electron chi connectivity index (χ2n) is 4.48. The van der Waals surface area contributed by atoms with Crippen molar-refractivity contribution in [1.29, 1.82) is 0 Å². The molecule has 0 saturated heterocycles. The molecule has 0 bridgehead atoms. The number of aliphatic hydroxyl groups is 1. The van der Waals surface area contributed by atoms with Crippen molar-refractivity contribution in [2.45, 2.75) is 51.0 Å². The van der Waals surface area contributed by atoms with Crippen LogP contribution in [0.4, 0.5) is 0 Å². The van der Waals surface area contributed by atoms with E-state index in [0.717, 1.165) is 18.3 Å². The van der Waals surface area contributed by atoms with Crippen LogP contribution in [0.1, 0.15) is 44.9 Å². The van der Waals surface area contributed by atoms with Crippen LogP contribution in [0.25, 0.3) is 0 Å². The summed E-state index contributed by atoms with van der Waals surface area (Å²) in [4.78, 5) is 2.49. The summed E-state index contributed by atoms with van der Waals surface area (Å²) in [6.07, 6.45) is 9.20. The van der Waals surface area contributed by atoms with E-state index in [0.29, 0.717) is 6.61 Å². The van der Waals surface area contributed by atoms with Crippen LogP contribution in [0.3, 0.4) is 0 Å². The smallest absolute Gasteiger partial charge is 0.0558 e. The third-order valence-electron chi connectivity index (χ3n) is 3.33. The van der Waals surface area contributed by atoms with Gasteiger partial charge < -0.3 is 5.11 Å². The summed E-state index contributed by atoms with van der Waals surface area (Å²) in [6, 6.07) is 0.758. The van der Waals surface area contributed by atoms with E-state index in [1.165, 1.54) is 51.5 Å². The van der Waals surface area contributed by atoms with Crippen LogP contribution in [-0.4, -0.2) is 41.5 Å². The normalized spacial score (nSPS) is 17.8. The van der Waals surface area contributed by atoms with Gasteiger partial charge in [0.2, 0.25) is 0 Å². The number of hydrogen-bond donors (Lipinski definition) is 2. The number of aliphatic hydroxyl groups excluding tert-OH is 1. The zero-order chi connectivity index (χ0) is 10.9. The highest BCUT2D eigenvalue weighted by Gasteiger charge is 2.21. The minimum atomic E-state index is 0.309. The van der Waals surface area contributed by atoms with Crippen molar-refractivity contribution in [3.8, 4) is 0 Å². The average Bonchev–Trinajstić information content (AvgIpc) is 2.76. The van der Waals surface area contributed by atoms with Crippen LogP contribution in [-0.2, 0) is 0 Å². The molecule has 1 N–H and O–H groups in total. The van der Waals surface area contributed by atoms with Crippen LogP contribution >= 0.6 is 12.6 Å². The Kier molecular flexibility index (Phi) is 7.49. The average molecular weight is 231 g/mol. The molecule has 0 aliphatic heterocycles. The fraction of sp³-hybridized carbons (Fsp3) is 1.00. The fourth-order valence-electron chi connectivity index (χ4n) is 2.48. The van der Waals surface area contributed by atoms with Crippen molar-refractivity contribution in [3.05, 3.63) is 0 Å². The maximum atomic E-state index is 9.05. The molecule has 90 valence electrons. The highest BCUT2D eigenvalue weighted by molar-refractivity contribution is 7.80. The van der Waals surface area contributed by atoms with Gasteiger partial charge >= 0.3 is 0 Å². The maximum Gasteiger partial charge on any atom is 0.0558 e. The molecule has 15 heavy (non-hydrogen) atoms. The van der Waals surface area contributed by atoms with Gasteiger partial charge in [0.25, 0.3) is 0 Å². The lowest BCUT2D eigenvalue weighted by molar-refractivity contribution is 0.149. The Morgan fingerprint density at radius 2 is 1.80 bits per heavy atom. The zero-order valence-corrected chi connectivity index (χ0v) is 10.6. The Hall–Kier alpha value is 0.270. The lowest BCUT2D eigenvalue weighted by Crippen LogP contribution is -2.36. The lowest BCUT2D eigenvalue weighted by atomic mass is 10.1. The van der Waals surface area contributed by atoms with Gasteiger partial charge in [0, 0.05) is 12.6 Å². The minimum absolute atomic E-state index is 0.309. The van der Waals surface area contributed by atoms with E-state index in [4.69, 9.17) is 5.11 Å². The molecule has 1 saturated carbocycles. The number of nitrogens with zero attached hydrogens (tertiary/aromatic N) is 1. The molecule has 2 nitrogen and oxygen atoms in total. The highest BCUT2D eigenvalue weighted by atomic mass is 32.1. The monoisotopic (exact) mass is 231 g/mol. The first-order valence-corrected chi connectivity index (χ1v) is 6.97. The molecule has 0 atom stereocenters. The van der Waals surface area contributed by atoms with Crippen LogP contribution in [0.5, 0.6) is 0 Å². The number of hydrogen-bond acceptors (Lipinski definition) is 3. The topological polar surface area (TPSA) is 23.5 Å². The summed E-state index contributed by atoms with van der Waals surface area (Å²) in [7, 11) is 0. The van der Waals surface area contributed by atoms with Gasteiger partial charge in [-0.2, -0.15) is 12.6 Å². The predicted octanol–water partition coefficient (Wildman–Crippen LogP) is 2.32. The quantitative estimate of drug-likeness (QED) is 0.495. The predicted molar refractivity (Wildman–Crippen MR) is 68.6 cm³/mol. The van der Waals surface area contributed by atoms with E-state index in [-0.39, 0.29) is 0 Å². The largest absolute Gasteiger partial charge is 0.395 e. The van der Waals surface area contributed by atoms with Gasteiger partial charge in [0.1, 0.15) is 0 Å². The first kappa shape index (κ1) is 13.3. The van der Waals surface area contributed by atoms with Gasteiger partial charge in [-0.1, -0.05) is 19.3 Å². The molecule has 3 heteroatoms. The van der Waals surface area contributed by atoms with Gasteiger partial charge in [-0.25, -0.2) is 0 Å². The van der Waals surface area contributed by atoms with Crippen molar-refractivity contribution in [1.82, 2.24) is 4.90 Å². The van der Waals surface area contributed by atoms with Crippen molar-refractivity contribution >= 4 is 12.6 Å². The van der Waals surface area contributed by atoms with Gasteiger partial charge in [-0.05, 0) is 38.0 Å². The third kappa shape index (κ3) is 5.23. The molecule has 0 unspecified atom stereocenters. The molecule has 0 heterocycles. The van der Waals surface area contributed by atoms with Crippen molar-refractivity contribution in [3.63, 3.8) is 0 Å². The standard InChI is InChI=1S/C12H25NOS/c14-10-9-13(8-4-1-5-11-15)12-6-2-3-7-12/h12,14-15H,1-11H2. The first-order chi connectivity index (χ1) is 7.38. The van der Waals surface area contributed by atoms with Crippen LogP contribution < -0.4 is 0 Å². The Morgan fingerprint density at radius 3 is 2.40 bits per heavy atom. The molecular formula is C12H25NOS. The summed E-state index contributed by atoms with van der Waals surface area (Å²) in [5.74, 6) is 1.00. The minimum Gasteiger partial charge on any atom is -0.395 e.